The number of nitrogens with one attached hydrogen (secondary N) is 2. The SMILES string of the molecule is CC1(C)CN(C(=O)NCc2cc3ccccc3[nH]2)CC2(CCOC2)O1. The van der Waals surface area contributed by atoms with Gasteiger partial charge in [0.1, 0.15) is 5.60 Å². The molecule has 2 aromatic rings. The van der Waals surface area contributed by atoms with Crippen LogP contribution in [0.1, 0.15) is 26.0 Å². The molecule has 134 valence electrons. The monoisotopic (exact) mass is 343 g/mol. The average Bonchev–Trinajstić information content (AvgIpc) is 3.17. The first-order valence-corrected chi connectivity index (χ1v) is 8.82. The maximum absolute atomic E-state index is 12.7. The van der Waals surface area contributed by atoms with Crippen molar-refractivity contribution in [2.45, 2.75) is 38.0 Å². The lowest BCUT2D eigenvalue weighted by molar-refractivity contribution is -0.185. The average molecular weight is 343 g/mol. The summed E-state index contributed by atoms with van der Waals surface area (Å²) in [5.41, 5.74) is 1.35. The number of benzene rings is 1. The molecule has 6 heteroatoms. The van der Waals surface area contributed by atoms with Crippen LogP contribution in [0.15, 0.2) is 30.3 Å². The second-order valence-electron chi connectivity index (χ2n) is 7.74. The molecule has 6 nitrogen and oxygen atoms in total. The van der Waals surface area contributed by atoms with Crippen LogP contribution in [0.5, 0.6) is 0 Å². The summed E-state index contributed by atoms with van der Waals surface area (Å²) in [5, 5.41) is 4.19. The van der Waals surface area contributed by atoms with Gasteiger partial charge in [0.2, 0.25) is 0 Å². The molecule has 0 radical (unpaired) electrons. The van der Waals surface area contributed by atoms with Gasteiger partial charge in [-0.15, -0.1) is 0 Å². The Morgan fingerprint density at radius 1 is 1.32 bits per heavy atom. The third-order valence-electron chi connectivity index (χ3n) is 4.91. The first-order valence-electron chi connectivity index (χ1n) is 8.82. The van der Waals surface area contributed by atoms with Gasteiger partial charge in [-0.3, -0.25) is 0 Å². The Hall–Kier alpha value is -2.05. The number of aromatic nitrogens is 1. The molecular formula is C19H25N3O3. The van der Waals surface area contributed by atoms with E-state index in [1.165, 1.54) is 0 Å². The molecule has 2 saturated heterocycles. The molecule has 2 amide bonds. The number of carbonyl (C=O) groups excluding carboxylic acids is 1. The van der Waals surface area contributed by atoms with Crippen LogP contribution in [0.2, 0.25) is 0 Å². The Bertz CT molecular complexity index is 744. The summed E-state index contributed by atoms with van der Waals surface area (Å²) in [6.07, 6.45) is 0.836. The molecule has 1 aromatic carbocycles. The number of carbonyl (C=O) groups is 1. The fourth-order valence-corrected chi connectivity index (χ4v) is 3.96. The summed E-state index contributed by atoms with van der Waals surface area (Å²) in [6, 6.07) is 10.1. The van der Waals surface area contributed by atoms with Gasteiger partial charge >= 0.3 is 6.03 Å². The van der Waals surface area contributed by atoms with E-state index in [0.29, 0.717) is 32.8 Å². The molecule has 2 fully saturated rings. The molecule has 1 unspecified atom stereocenters. The fourth-order valence-electron chi connectivity index (χ4n) is 3.96. The predicted octanol–water partition coefficient (Wildman–Crippen LogP) is 2.65. The number of rotatable bonds is 2. The Balaban J connectivity index is 1.43. The number of hydrogen-bond donors (Lipinski definition) is 2. The van der Waals surface area contributed by atoms with Gasteiger partial charge in [0.25, 0.3) is 0 Å². The van der Waals surface area contributed by atoms with Gasteiger partial charge in [-0.2, -0.15) is 0 Å². The zero-order valence-corrected chi connectivity index (χ0v) is 14.8. The highest BCUT2D eigenvalue weighted by molar-refractivity contribution is 5.80. The predicted molar refractivity (Wildman–Crippen MR) is 95.4 cm³/mol. The number of aromatic amines is 1. The molecule has 2 N–H and O–H groups in total. The summed E-state index contributed by atoms with van der Waals surface area (Å²) in [5.74, 6) is 0. The van der Waals surface area contributed by atoms with Gasteiger partial charge < -0.3 is 24.7 Å². The van der Waals surface area contributed by atoms with Crippen molar-refractivity contribution >= 4 is 16.9 Å². The molecule has 0 saturated carbocycles. The van der Waals surface area contributed by atoms with E-state index in [9.17, 15) is 4.79 Å². The summed E-state index contributed by atoms with van der Waals surface area (Å²) in [6.45, 7) is 6.95. The van der Waals surface area contributed by atoms with Crippen LogP contribution in [0.4, 0.5) is 4.79 Å². The lowest BCUT2D eigenvalue weighted by Gasteiger charge is -2.47. The van der Waals surface area contributed by atoms with Crippen LogP contribution >= 0.6 is 0 Å². The first-order chi connectivity index (χ1) is 11.9. The number of H-pyrrole nitrogens is 1. The van der Waals surface area contributed by atoms with Gasteiger partial charge in [-0.25, -0.2) is 4.79 Å². The third kappa shape index (κ3) is 3.37. The number of hydrogen-bond acceptors (Lipinski definition) is 3. The van der Waals surface area contributed by atoms with Gasteiger partial charge in [-0.05, 0) is 31.4 Å². The minimum atomic E-state index is -0.371. The van der Waals surface area contributed by atoms with Crippen molar-refractivity contribution in [2.24, 2.45) is 0 Å². The van der Waals surface area contributed by atoms with Crippen molar-refractivity contribution in [3.8, 4) is 0 Å². The number of nitrogens with zero attached hydrogens (tertiary/aromatic N) is 1. The number of para-hydroxylation sites is 1. The van der Waals surface area contributed by atoms with E-state index in [2.05, 4.69) is 22.4 Å². The highest BCUT2D eigenvalue weighted by Gasteiger charge is 2.47. The highest BCUT2D eigenvalue weighted by atomic mass is 16.6. The minimum Gasteiger partial charge on any atom is -0.378 e. The summed E-state index contributed by atoms with van der Waals surface area (Å²) >= 11 is 0. The Kier molecular flexibility index (Phi) is 3.96. The first kappa shape index (κ1) is 16.4. The van der Waals surface area contributed by atoms with E-state index in [1.807, 2.05) is 36.9 Å². The van der Waals surface area contributed by atoms with E-state index in [4.69, 9.17) is 9.47 Å². The van der Waals surface area contributed by atoms with Crippen molar-refractivity contribution in [2.75, 3.05) is 26.3 Å². The number of urea groups is 1. The normalized spacial score (nSPS) is 25.6. The van der Waals surface area contributed by atoms with Gasteiger partial charge in [0.05, 0.1) is 31.8 Å². The summed E-state index contributed by atoms with van der Waals surface area (Å²) in [7, 11) is 0. The van der Waals surface area contributed by atoms with E-state index < -0.39 is 0 Å². The van der Waals surface area contributed by atoms with E-state index in [1.54, 1.807) is 0 Å². The van der Waals surface area contributed by atoms with Crippen LogP contribution in [0.25, 0.3) is 10.9 Å². The highest BCUT2D eigenvalue weighted by Crippen LogP contribution is 2.34. The number of amides is 2. The molecule has 2 aliphatic heterocycles. The van der Waals surface area contributed by atoms with Crippen molar-refractivity contribution in [3.05, 3.63) is 36.0 Å². The van der Waals surface area contributed by atoms with Crippen LogP contribution in [-0.4, -0.2) is 53.4 Å². The smallest absolute Gasteiger partial charge is 0.317 e. The molecule has 4 rings (SSSR count). The summed E-state index contributed by atoms with van der Waals surface area (Å²) in [4.78, 5) is 17.9. The zero-order valence-electron chi connectivity index (χ0n) is 14.8. The standard InChI is InChI=1S/C19H25N3O3/c1-18(2)11-22(12-19(25-18)7-8-24-13-19)17(23)20-10-15-9-14-5-3-4-6-16(14)21-15/h3-6,9,21H,7-8,10-13H2,1-2H3,(H,20,23). The molecule has 0 aliphatic carbocycles. The Morgan fingerprint density at radius 3 is 2.92 bits per heavy atom. The molecule has 1 atom stereocenters. The van der Waals surface area contributed by atoms with Crippen molar-refractivity contribution in [1.82, 2.24) is 15.2 Å². The molecule has 1 aromatic heterocycles. The molecular weight excluding hydrogens is 318 g/mol. The Labute approximate surface area is 147 Å². The van der Waals surface area contributed by atoms with Crippen molar-refractivity contribution in [1.29, 1.82) is 0 Å². The van der Waals surface area contributed by atoms with Gasteiger partial charge in [0, 0.05) is 24.2 Å². The van der Waals surface area contributed by atoms with E-state index in [-0.39, 0.29) is 17.2 Å². The van der Waals surface area contributed by atoms with E-state index >= 15 is 0 Å². The summed E-state index contributed by atoms with van der Waals surface area (Å²) < 4.78 is 11.8. The second-order valence-corrected chi connectivity index (χ2v) is 7.74. The maximum Gasteiger partial charge on any atom is 0.317 e. The minimum absolute atomic E-state index is 0.0543. The molecule has 0 bridgehead atoms. The number of fused-ring (bicyclic) bond motifs is 1. The van der Waals surface area contributed by atoms with Crippen LogP contribution in [-0.2, 0) is 16.0 Å². The molecule has 1 spiro atoms. The molecule has 2 aliphatic rings. The second kappa shape index (κ2) is 6.04. The maximum atomic E-state index is 12.7. The van der Waals surface area contributed by atoms with Crippen molar-refractivity contribution < 1.29 is 14.3 Å². The van der Waals surface area contributed by atoms with Crippen LogP contribution < -0.4 is 5.32 Å². The third-order valence-corrected chi connectivity index (χ3v) is 4.91. The lowest BCUT2D eigenvalue weighted by Crippen LogP contribution is -2.62. The lowest BCUT2D eigenvalue weighted by atomic mass is 9.95. The van der Waals surface area contributed by atoms with E-state index in [0.717, 1.165) is 23.0 Å². The molecule has 3 heterocycles. The quantitative estimate of drug-likeness (QED) is 0.881. The zero-order chi connectivity index (χ0) is 17.5. The Morgan fingerprint density at radius 2 is 2.16 bits per heavy atom. The van der Waals surface area contributed by atoms with Gasteiger partial charge in [0.15, 0.2) is 0 Å². The number of ether oxygens (including phenoxy) is 2. The van der Waals surface area contributed by atoms with Crippen LogP contribution in [0.3, 0.4) is 0 Å². The van der Waals surface area contributed by atoms with Crippen molar-refractivity contribution in [3.63, 3.8) is 0 Å². The number of morpholine rings is 1. The topological polar surface area (TPSA) is 66.6 Å². The largest absolute Gasteiger partial charge is 0.378 e. The molecule has 25 heavy (non-hydrogen) atoms. The van der Waals surface area contributed by atoms with Gasteiger partial charge in [-0.1, -0.05) is 18.2 Å². The van der Waals surface area contributed by atoms with Crippen LogP contribution in [0, 0.1) is 0 Å². The fraction of sp³-hybridized carbons (Fsp3) is 0.526.